The van der Waals surface area contributed by atoms with Crippen molar-refractivity contribution in [3.8, 4) is 0 Å². The van der Waals surface area contributed by atoms with Crippen LogP contribution in [0, 0.1) is 23.6 Å². The molecule has 0 N–H and O–H groups in total. The first-order valence-electron chi connectivity index (χ1n) is 13.0. The third-order valence-electron chi connectivity index (χ3n) is 8.29. The van der Waals surface area contributed by atoms with Gasteiger partial charge in [0.2, 0.25) is 0 Å². The minimum absolute atomic E-state index is 0.0362. The average molecular weight is 421 g/mol. The second kappa shape index (κ2) is 10.8. The van der Waals surface area contributed by atoms with Crippen molar-refractivity contribution < 1.29 is 4.39 Å². The molecule has 2 aliphatic carbocycles. The van der Waals surface area contributed by atoms with E-state index in [9.17, 15) is 0 Å². The highest BCUT2D eigenvalue weighted by Gasteiger charge is 2.36. The van der Waals surface area contributed by atoms with E-state index in [1.54, 1.807) is 0 Å². The molecular weight excluding hydrogens is 379 g/mol. The summed E-state index contributed by atoms with van der Waals surface area (Å²) in [6.45, 7) is 6.10. The van der Waals surface area contributed by atoms with Gasteiger partial charge in [-0.05, 0) is 97.3 Å². The summed E-state index contributed by atoms with van der Waals surface area (Å²) in [5.74, 6) is 3.28. The van der Waals surface area contributed by atoms with Gasteiger partial charge in [0.15, 0.2) is 0 Å². The second-order valence-electron chi connectivity index (χ2n) is 10.4. The van der Waals surface area contributed by atoms with Crippen molar-refractivity contribution >= 4 is 10.8 Å². The van der Waals surface area contributed by atoms with Gasteiger partial charge in [-0.3, -0.25) is 0 Å². The SMILES string of the molecule is C=CCCc1ccc2cc(C3CCC4CC(CCCCCC)CCC4C3)cc(F)c2c1. The first-order valence-corrected chi connectivity index (χ1v) is 13.0. The molecule has 2 aromatic carbocycles. The van der Waals surface area contributed by atoms with Crippen LogP contribution in [0.1, 0.15) is 101 Å². The van der Waals surface area contributed by atoms with Crippen molar-refractivity contribution in [2.45, 2.75) is 96.3 Å². The van der Waals surface area contributed by atoms with Crippen LogP contribution in [0.2, 0.25) is 0 Å². The number of aryl methyl sites for hydroxylation is 1. The maximum absolute atomic E-state index is 15.0. The van der Waals surface area contributed by atoms with Gasteiger partial charge in [0.1, 0.15) is 5.82 Å². The predicted molar refractivity (Wildman–Crippen MR) is 132 cm³/mol. The van der Waals surface area contributed by atoms with Crippen molar-refractivity contribution in [1.29, 1.82) is 0 Å². The monoisotopic (exact) mass is 420 g/mol. The molecule has 0 aromatic heterocycles. The van der Waals surface area contributed by atoms with E-state index in [0.717, 1.165) is 41.4 Å². The maximum Gasteiger partial charge on any atom is 0.131 e. The van der Waals surface area contributed by atoms with E-state index in [2.05, 4.69) is 31.7 Å². The van der Waals surface area contributed by atoms with Crippen LogP contribution in [0.25, 0.3) is 10.8 Å². The van der Waals surface area contributed by atoms with Gasteiger partial charge < -0.3 is 0 Å². The molecule has 2 saturated carbocycles. The molecule has 2 fully saturated rings. The van der Waals surface area contributed by atoms with Crippen molar-refractivity contribution in [3.05, 3.63) is 59.9 Å². The van der Waals surface area contributed by atoms with E-state index < -0.39 is 0 Å². The lowest BCUT2D eigenvalue weighted by molar-refractivity contribution is 0.113. The molecule has 0 aliphatic heterocycles. The van der Waals surface area contributed by atoms with E-state index in [4.69, 9.17) is 0 Å². The van der Waals surface area contributed by atoms with Crippen LogP contribution < -0.4 is 0 Å². The predicted octanol–water partition coefficient (Wildman–Crippen LogP) is 9.37. The largest absolute Gasteiger partial charge is 0.206 e. The average Bonchev–Trinajstić information content (AvgIpc) is 2.80. The molecule has 4 rings (SSSR count). The van der Waals surface area contributed by atoms with Crippen molar-refractivity contribution in [2.75, 3.05) is 0 Å². The number of hydrogen-bond donors (Lipinski definition) is 0. The van der Waals surface area contributed by atoms with Crippen LogP contribution in [0.3, 0.4) is 0 Å². The zero-order valence-corrected chi connectivity index (χ0v) is 19.6. The Kier molecular flexibility index (Phi) is 7.86. The third kappa shape index (κ3) is 5.60. The molecule has 0 bridgehead atoms. The number of halogens is 1. The van der Waals surface area contributed by atoms with Gasteiger partial charge in [-0.15, -0.1) is 6.58 Å². The van der Waals surface area contributed by atoms with Crippen LogP contribution in [0.4, 0.5) is 4.39 Å². The van der Waals surface area contributed by atoms with Gasteiger partial charge in [-0.2, -0.15) is 0 Å². The lowest BCUT2D eigenvalue weighted by Crippen LogP contribution is -2.30. The van der Waals surface area contributed by atoms with Crippen LogP contribution in [-0.4, -0.2) is 0 Å². The molecule has 0 nitrogen and oxygen atoms in total. The Labute approximate surface area is 189 Å². The first-order chi connectivity index (χ1) is 15.2. The minimum atomic E-state index is -0.0362. The third-order valence-corrected chi connectivity index (χ3v) is 8.29. The summed E-state index contributed by atoms with van der Waals surface area (Å²) < 4.78 is 15.0. The van der Waals surface area contributed by atoms with Gasteiger partial charge >= 0.3 is 0 Å². The summed E-state index contributed by atoms with van der Waals surface area (Å²) >= 11 is 0. The van der Waals surface area contributed by atoms with E-state index >= 15 is 4.39 Å². The van der Waals surface area contributed by atoms with Crippen LogP contribution >= 0.6 is 0 Å². The summed E-state index contributed by atoms with van der Waals surface area (Å²) in [5, 5.41) is 1.85. The molecule has 31 heavy (non-hydrogen) atoms. The lowest BCUT2D eigenvalue weighted by atomic mass is 9.63. The molecule has 0 saturated heterocycles. The molecule has 4 atom stereocenters. The summed E-state index contributed by atoms with van der Waals surface area (Å²) in [7, 11) is 0. The smallest absolute Gasteiger partial charge is 0.131 e. The maximum atomic E-state index is 15.0. The van der Waals surface area contributed by atoms with Crippen molar-refractivity contribution in [1.82, 2.24) is 0 Å². The second-order valence-corrected chi connectivity index (χ2v) is 10.4. The van der Waals surface area contributed by atoms with E-state index in [1.165, 1.54) is 81.8 Å². The number of fused-ring (bicyclic) bond motifs is 2. The highest BCUT2D eigenvalue weighted by Crippen LogP contribution is 2.48. The Morgan fingerprint density at radius 1 is 0.968 bits per heavy atom. The Bertz CT molecular complexity index is 866. The zero-order valence-electron chi connectivity index (χ0n) is 19.6. The molecule has 0 amide bonds. The Hall–Kier alpha value is -1.63. The summed E-state index contributed by atoms with van der Waals surface area (Å²) in [4.78, 5) is 0. The molecule has 1 heteroatoms. The highest BCUT2D eigenvalue weighted by molar-refractivity contribution is 5.84. The molecule has 2 aromatic rings. The van der Waals surface area contributed by atoms with E-state index in [1.807, 2.05) is 18.2 Å². The Morgan fingerprint density at radius 2 is 1.81 bits per heavy atom. The summed E-state index contributed by atoms with van der Waals surface area (Å²) in [6.07, 6.45) is 19.0. The van der Waals surface area contributed by atoms with Crippen LogP contribution in [0.15, 0.2) is 43.0 Å². The van der Waals surface area contributed by atoms with Crippen molar-refractivity contribution in [3.63, 3.8) is 0 Å². The topological polar surface area (TPSA) is 0 Å². The summed E-state index contributed by atoms with van der Waals surface area (Å²) in [6, 6.07) is 10.4. The standard InChI is InChI=1S/C30H41F/c1-3-5-7-8-10-22-11-13-25-19-26(16-15-24(25)17-22)28-20-27-14-12-23(9-6-4-2)18-29(27)30(31)21-28/h4,12,14,18,20-22,24-26H,2-3,5-11,13,15-17,19H2,1H3. The molecule has 0 heterocycles. The fourth-order valence-electron chi connectivity index (χ4n) is 6.45. The first kappa shape index (κ1) is 22.6. The van der Waals surface area contributed by atoms with Gasteiger partial charge in [0, 0.05) is 5.39 Å². The highest BCUT2D eigenvalue weighted by atomic mass is 19.1. The van der Waals surface area contributed by atoms with Gasteiger partial charge in [0.25, 0.3) is 0 Å². The fourth-order valence-corrected chi connectivity index (χ4v) is 6.45. The van der Waals surface area contributed by atoms with E-state index in [-0.39, 0.29) is 5.82 Å². The number of allylic oxidation sites excluding steroid dienone is 1. The Morgan fingerprint density at radius 3 is 2.65 bits per heavy atom. The normalized spacial score (nSPS) is 26.0. The molecule has 4 unspecified atom stereocenters. The molecule has 168 valence electrons. The zero-order chi connectivity index (χ0) is 21.6. The summed E-state index contributed by atoms with van der Waals surface area (Å²) in [5.41, 5.74) is 2.44. The minimum Gasteiger partial charge on any atom is -0.206 e. The molecule has 2 aliphatic rings. The fraction of sp³-hybridized carbons (Fsp3) is 0.600. The number of benzene rings is 2. The molecule has 0 spiro atoms. The quantitative estimate of drug-likeness (QED) is 0.280. The van der Waals surface area contributed by atoms with Gasteiger partial charge in [0.05, 0.1) is 0 Å². The van der Waals surface area contributed by atoms with Crippen LogP contribution in [0.5, 0.6) is 0 Å². The lowest BCUT2D eigenvalue weighted by Gasteiger charge is -2.42. The molecular formula is C30H41F. The van der Waals surface area contributed by atoms with Gasteiger partial charge in [-0.25, -0.2) is 4.39 Å². The number of unbranched alkanes of at least 4 members (excludes halogenated alkanes) is 3. The number of rotatable bonds is 9. The van der Waals surface area contributed by atoms with Crippen LogP contribution in [-0.2, 0) is 6.42 Å². The van der Waals surface area contributed by atoms with E-state index in [0.29, 0.717) is 5.92 Å². The molecule has 0 radical (unpaired) electrons. The van der Waals surface area contributed by atoms with Crippen molar-refractivity contribution in [2.24, 2.45) is 17.8 Å². The number of hydrogen-bond acceptors (Lipinski definition) is 0. The Balaban J connectivity index is 1.38. The van der Waals surface area contributed by atoms with Gasteiger partial charge in [-0.1, -0.05) is 69.7 Å².